The van der Waals surface area contributed by atoms with E-state index < -0.39 is 12.0 Å². The molecule has 0 bridgehead atoms. The van der Waals surface area contributed by atoms with Gasteiger partial charge in [-0.3, -0.25) is 9.69 Å². The topological polar surface area (TPSA) is 79.9 Å². The average molecular weight is 454 g/mol. The van der Waals surface area contributed by atoms with Crippen LogP contribution in [0.3, 0.4) is 0 Å². The normalized spacial score (nSPS) is 15.9. The van der Waals surface area contributed by atoms with Gasteiger partial charge in [-0.15, -0.1) is 0 Å². The van der Waals surface area contributed by atoms with Crippen molar-refractivity contribution in [1.82, 2.24) is 5.32 Å². The number of nitrogens with one attached hydrogen (secondary N) is 2. The number of nitrogens with zero attached hydrogens (tertiary/aromatic N) is 1. The number of ether oxygens (including phenoxy) is 2. The molecule has 2 aromatic rings. The molecule has 0 saturated carbocycles. The molecule has 0 spiro atoms. The first-order valence-corrected chi connectivity index (χ1v) is 10.6. The lowest BCUT2D eigenvalue weighted by Gasteiger charge is -2.37. The molecule has 7 nitrogen and oxygen atoms in total. The second-order valence-electron chi connectivity index (χ2n) is 7.48. The molecule has 2 N–H and O–H groups in total. The number of thiocarbonyl (C=S) groups is 1. The minimum atomic E-state index is -0.495. The van der Waals surface area contributed by atoms with Crippen LogP contribution in [0.25, 0.3) is 0 Å². The summed E-state index contributed by atoms with van der Waals surface area (Å²) < 4.78 is 10.5. The van der Waals surface area contributed by atoms with Crippen molar-refractivity contribution in [3.63, 3.8) is 0 Å². The van der Waals surface area contributed by atoms with Gasteiger partial charge in [0.15, 0.2) is 5.11 Å². The third-order valence-corrected chi connectivity index (χ3v) is 5.38. The molecule has 1 unspecified atom stereocenters. The molecule has 1 atom stereocenters. The molecular weight excluding hydrogens is 426 g/mol. The predicted molar refractivity (Wildman–Crippen MR) is 128 cm³/mol. The Kier molecular flexibility index (Phi) is 7.61. The second kappa shape index (κ2) is 10.4. The number of benzene rings is 2. The fourth-order valence-corrected chi connectivity index (χ4v) is 3.88. The van der Waals surface area contributed by atoms with Crippen molar-refractivity contribution in [1.29, 1.82) is 0 Å². The van der Waals surface area contributed by atoms with Crippen LogP contribution in [0.4, 0.5) is 11.4 Å². The number of amides is 1. The van der Waals surface area contributed by atoms with Gasteiger partial charge in [0.1, 0.15) is 6.61 Å². The van der Waals surface area contributed by atoms with Crippen LogP contribution in [0.1, 0.15) is 31.0 Å². The molecule has 0 aliphatic carbocycles. The van der Waals surface area contributed by atoms with E-state index in [1.54, 1.807) is 19.2 Å². The Morgan fingerprint density at radius 2 is 1.72 bits per heavy atom. The molecule has 8 heteroatoms. The summed E-state index contributed by atoms with van der Waals surface area (Å²) in [7, 11) is 1.55. The van der Waals surface area contributed by atoms with E-state index in [1.807, 2.05) is 55.1 Å². The largest absolute Gasteiger partial charge is 0.460 e. The zero-order valence-electron chi connectivity index (χ0n) is 18.6. The summed E-state index contributed by atoms with van der Waals surface area (Å²) in [5.74, 6) is -0.593. The minimum absolute atomic E-state index is 0.148. The number of esters is 1. The van der Waals surface area contributed by atoms with E-state index in [0.29, 0.717) is 28.7 Å². The quantitative estimate of drug-likeness (QED) is 0.374. The molecule has 0 fully saturated rings. The summed E-state index contributed by atoms with van der Waals surface area (Å²) in [5.41, 5.74) is 4.63. The summed E-state index contributed by atoms with van der Waals surface area (Å²) in [4.78, 5) is 26.3. The summed E-state index contributed by atoms with van der Waals surface area (Å²) in [6.45, 7) is 5.78. The van der Waals surface area contributed by atoms with Crippen LogP contribution in [0.5, 0.6) is 0 Å². The van der Waals surface area contributed by atoms with Gasteiger partial charge < -0.3 is 20.1 Å². The lowest BCUT2D eigenvalue weighted by molar-refractivity contribution is -0.140. The van der Waals surface area contributed by atoms with Gasteiger partial charge >= 0.3 is 5.97 Å². The van der Waals surface area contributed by atoms with Gasteiger partial charge in [0.05, 0.1) is 18.2 Å². The van der Waals surface area contributed by atoms with Crippen LogP contribution in [-0.2, 0) is 19.1 Å². The highest BCUT2D eigenvalue weighted by atomic mass is 32.1. The van der Waals surface area contributed by atoms with E-state index >= 15 is 0 Å². The van der Waals surface area contributed by atoms with E-state index in [9.17, 15) is 9.59 Å². The Morgan fingerprint density at radius 3 is 2.31 bits per heavy atom. The maximum atomic E-state index is 13.1. The molecule has 1 aliphatic rings. The highest BCUT2D eigenvalue weighted by Crippen LogP contribution is 2.34. The first-order valence-electron chi connectivity index (χ1n) is 10.2. The third kappa shape index (κ3) is 5.33. The van der Waals surface area contributed by atoms with Crippen molar-refractivity contribution in [3.8, 4) is 0 Å². The van der Waals surface area contributed by atoms with Crippen LogP contribution in [0.15, 0.2) is 59.8 Å². The first kappa shape index (κ1) is 23.4. The fraction of sp³-hybridized carbons (Fsp3) is 0.292. The zero-order chi connectivity index (χ0) is 23.3. The van der Waals surface area contributed by atoms with Crippen LogP contribution in [0, 0.1) is 6.92 Å². The summed E-state index contributed by atoms with van der Waals surface area (Å²) >= 11 is 5.68. The Hall–Kier alpha value is -3.23. The number of rotatable bonds is 7. The first-order chi connectivity index (χ1) is 15.3. The molecule has 168 valence electrons. The number of anilines is 2. The van der Waals surface area contributed by atoms with Gasteiger partial charge in [-0.1, -0.05) is 29.8 Å². The number of carbonyl (C=O) groups is 2. The van der Waals surface area contributed by atoms with Crippen molar-refractivity contribution in [3.05, 3.63) is 70.9 Å². The van der Waals surface area contributed by atoms with E-state index in [2.05, 4.69) is 10.6 Å². The smallest absolute Gasteiger partial charge is 0.338 e. The van der Waals surface area contributed by atoms with Crippen molar-refractivity contribution >= 4 is 40.6 Å². The Balaban J connectivity index is 2.01. The third-order valence-electron chi connectivity index (χ3n) is 5.08. The van der Waals surface area contributed by atoms with Gasteiger partial charge in [0.25, 0.3) is 0 Å². The summed E-state index contributed by atoms with van der Waals surface area (Å²) in [6.07, 6.45) is 0. The Morgan fingerprint density at radius 1 is 1.06 bits per heavy atom. The lowest BCUT2D eigenvalue weighted by Crippen LogP contribution is -2.48. The average Bonchev–Trinajstić information content (AvgIpc) is 2.75. The van der Waals surface area contributed by atoms with E-state index in [1.165, 1.54) is 6.92 Å². The SMILES string of the molecule is COCCOC(=O)C1=C(C)N(c2ccc(C)cc2)C(=S)NC1c1ccc(NC(C)=O)cc1. The maximum Gasteiger partial charge on any atom is 0.338 e. The monoisotopic (exact) mass is 453 g/mol. The minimum Gasteiger partial charge on any atom is -0.460 e. The Bertz CT molecular complexity index is 1030. The highest BCUT2D eigenvalue weighted by Gasteiger charge is 2.35. The number of hydrogen-bond acceptors (Lipinski definition) is 5. The second-order valence-corrected chi connectivity index (χ2v) is 7.87. The predicted octanol–water partition coefficient (Wildman–Crippen LogP) is 3.85. The summed E-state index contributed by atoms with van der Waals surface area (Å²) in [6, 6.07) is 14.7. The van der Waals surface area contributed by atoms with Crippen LogP contribution in [-0.4, -0.2) is 37.3 Å². The number of methoxy groups -OCH3 is 1. The molecule has 2 aromatic carbocycles. The van der Waals surface area contributed by atoms with Crippen LogP contribution < -0.4 is 15.5 Å². The molecule has 0 radical (unpaired) electrons. The van der Waals surface area contributed by atoms with Gasteiger partial charge in [-0.2, -0.15) is 0 Å². The highest BCUT2D eigenvalue weighted by molar-refractivity contribution is 7.80. The Labute approximate surface area is 193 Å². The van der Waals surface area contributed by atoms with Crippen LogP contribution in [0.2, 0.25) is 0 Å². The summed E-state index contributed by atoms with van der Waals surface area (Å²) in [5, 5.41) is 6.51. The van der Waals surface area contributed by atoms with Crippen molar-refractivity contribution in [2.24, 2.45) is 0 Å². The zero-order valence-corrected chi connectivity index (χ0v) is 19.4. The molecule has 32 heavy (non-hydrogen) atoms. The van der Waals surface area contributed by atoms with E-state index in [0.717, 1.165) is 16.8 Å². The lowest BCUT2D eigenvalue weighted by atomic mass is 9.94. The number of hydrogen-bond donors (Lipinski definition) is 2. The molecule has 1 heterocycles. The molecule has 1 amide bonds. The van der Waals surface area contributed by atoms with Crippen molar-refractivity contribution in [2.75, 3.05) is 30.5 Å². The standard InChI is InChI=1S/C24H27N3O4S/c1-15-5-11-20(12-6-15)27-16(2)21(23(29)31-14-13-30-4)22(26-24(27)32)18-7-9-19(10-8-18)25-17(3)28/h5-12,22H,13-14H2,1-4H3,(H,25,28)(H,26,32). The molecular formula is C24H27N3O4S. The maximum absolute atomic E-state index is 13.1. The molecule has 3 rings (SSSR count). The van der Waals surface area contributed by atoms with Gasteiger partial charge in [-0.05, 0) is 55.9 Å². The van der Waals surface area contributed by atoms with Crippen molar-refractivity contribution < 1.29 is 19.1 Å². The number of allylic oxidation sites excluding steroid dienone is 1. The van der Waals surface area contributed by atoms with E-state index in [4.69, 9.17) is 21.7 Å². The molecule has 1 aliphatic heterocycles. The molecule has 0 aromatic heterocycles. The van der Waals surface area contributed by atoms with Crippen LogP contribution >= 0.6 is 12.2 Å². The van der Waals surface area contributed by atoms with Gasteiger partial charge in [-0.25, -0.2) is 4.79 Å². The van der Waals surface area contributed by atoms with Gasteiger partial charge in [0, 0.05) is 31.1 Å². The van der Waals surface area contributed by atoms with E-state index in [-0.39, 0.29) is 12.5 Å². The fourth-order valence-electron chi connectivity index (χ4n) is 3.52. The number of carbonyl (C=O) groups excluding carboxylic acids is 2. The molecule has 0 saturated heterocycles. The van der Waals surface area contributed by atoms with Gasteiger partial charge in [0.2, 0.25) is 5.91 Å². The van der Waals surface area contributed by atoms with Crippen molar-refractivity contribution in [2.45, 2.75) is 26.8 Å². The number of aryl methyl sites for hydroxylation is 1.